The highest BCUT2D eigenvalue weighted by molar-refractivity contribution is 8.03. The van der Waals surface area contributed by atoms with E-state index in [1.54, 1.807) is 23.1 Å². The lowest BCUT2D eigenvalue weighted by Crippen LogP contribution is -2.28. The van der Waals surface area contributed by atoms with Crippen molar-refractivity contribution >= 4 is 46.0 Å². The average Bonchev–Trinajstić information content (AvgIpc) is 3.89. The molecule has 2 fully saturated rings. The van der Waals surface area contributed by atoms with E-state index >= 15 is 0 Å². The topological polar surface area (TPSA) is 65.5 Å². The maximum atomic E-state index is 13.0. The zero-order valence-electron chi connectivity index (χ0n) is 28.9. The SMILES string of the molecule is CC.CCC1NC(C(=O)c2ccc(N3CC4CN(c5ccc(C(=O)c6csc(C(C)(C)C)n6)cc5)CC4C3)cc2)=CS1.CCCC. The minimum atomic E-state index is -0.0540. The van der Waals surface area contributed by atoms with Gasteiger partial charge in [-0.15, -0.1) is 23.1 Å². The fraction of sp³-hybridized carbons (Fsp3) is 0.500. The molecule has 2 saturated heterocycles. The molecule has 3 unspecified atom stereocenters. The molecule has 0 saturated carbocycles. The highest BCUT2D eigenvalue weighted by atomic mass is 32.2. The van der Waals surface area contributed by atoms with Crippen molar-refractivity contribution in [3.8, 4) is 0 Å². The van der Waals surface area contributed by atoms with Crippen LogP contribution in [0.4, 0.5) is 11.4 Å². The number of carbonyl (C=O) groups is 2. The van der Waals surface area contributed by atoms with Crippen molar-refractivity contribution in [2.45, 2.75) is 85.4 Å². The molecule has 46 heavy (non-hydrogen) atoms. The van der Waals surface area contributed by atoms with E-state index in [4.69, 9.17) is 0 Å². The van der Waals surface area contributed by atoms with Gasteiger partial charge < -0.3 is 15.1 Å². The number of benzene rings is 2. The molecule has 0 aliphatic carbocycles. The Morgan fingerprint density at radius 3 is 1.67 bits per heavy atom. The molecule has 0 radical (unpaired) electrons. The molecular formula is C38H52N4O2S2. The lowest BCUT2D eigenvalue weighted by molar-refractivity contribution is 0.102. The van der Waals surface area contributed by atoms with E-state index in [9.17, 15) is 9.59 Å². The first kappa shape index (κ1) is 35.7. The van der Waals surface area contributed by atoms with Crippen molar-refractivity contribution in [1.82, 2.24) is 10.3 Å². The van der Waals surface area contributed by atoms with Crippen LogP contribution in [-0.4, -0.2) is 48.1 Å². The largest absolute Gasteiger partial charge is 0.371 e. The molecule has 3 aromatic rings. The molecule has 3 aliphatic heterocycles. The Morgan fingerprint density at radius 1 is 0.804 bits per heavy atom. The van der Waals surface area contributed by atoms with E-state index in [1.807, 2.05) is 48.9 Å². The quantitative estimate of drug-likeness (QED) is 0.242. The zero-order chi connectivity index (χ0) is 33.4. The third-order valence-electron chi connectivity index (χ3n) is 8.64. The zero-order valence-corrected chi connectivity index (χ0v) is 30.6. The minimum Gasteiger partial charge on any atom is -0.371 e. The number of hydrogen-bond acceptors (Lipinski definition) is 8. The van der Waals surface area contributed by atoms with Crippen LogP contribution in [-0.2, 0) is 5.41 Å². The molecule has 0 bridgehead atoms. The molecule has 3 aliphatic rings. The van der Waals surface area contributed by atoms with Gasteiger partial charge in [-0.1, -0.05) is 68.2 Å². The summed E-state index contributed by atoms with van der Waals surface area (Å²) < 4.78 is 0. The number of unbranched alkanes of at least 4 members (excludes halogenated alkanes) is 1. The summed E-state index contributed by atoms with van der Waals surface area (Å²) in [5, 5.41) is 8.42. The number of anilines is 2. The van der Waals surface area contributed by atoms with Gasteiger partial charge in [0.15, 0.2) is 0 Å². The Labute approximate surface area is 285 Å². The number of ketones is 2. The first-order valence-electron chi connectivity index (χ1n) is 17.0. The van der Waals surface area contributed by atoms with Crippen LogP contribution in [0.3, 0.4) is 0 Å². The second-order valence-electron chi connectivity index (χ2n) is 13.1. The Hall–Kier alpha value is -3.10. The van der Waals surface area contributed by atoms with E-state index in [1.165, 1.54) is 24.2 Å². The van der Waals surface area contributed by atoms with Gasteiger partial charge in [0.1, 0.15) is 5.69 Å². The van der Waals surface area contributed by atoms with Gasteiger partial charge in [-0.3, -0.25) is 9.59 Å². The molecule has 3 atom stereocenters. The average molecular weight is 661 g/mol. The summed E-state index contributed by atoms with van der Waals surface area (Å²) in [6.07, 6.45) is 3.63. The predicted molar refractivity (Wildman–Crippen MR) is 198 cm³/mol. The molecule has 6 rings (SSSR count). The number of thioether (sulfide) groups is 1. The number of hydrogen-bond donors (Lipinski definition) is 1. The molecule has 6 nitrogen and oxygen atoms in total. The van der Waals surface area contributed by atoms with Crippen LogP contribution in [0.25, 0.3) is 0 Å². The van der Waals surface area contributed by atoms with Crippen molar-refractivity contribution in [2.24, 2.45) is 11.8 Å². The second-order valence-corrected chi connectivity index (χ2v) is 15.0. The number of nitrogens with zero attached hydrogens (tertiary/aromatic N) is 3. The highest BCUT2D eigenvalue weighted by Crippen LogP contribution is 2.37. The summed E-state index contributed by atoms with van der Waals surface area (Å²) in [4.78, 5) is 35.4. The van der Waals surface area contributed by atoms with Gasteiger partial charge in [0, 0.05) is 76.7 Å². The van der Waals surface area contributed by atoms with Crippen molar-refractivity contribution in [3.05, 3.63) is 86.8 Å². The summed E-state index contributed by atoms with van der Waals surface area (Å²) in [7, 11) is 0. The molecule has 4 heterocycles. The number of allylic oxidation sites excluding steroid dienone is 1. The molecule has 0 spiro atoms. The van der Waals surface area contributed by atoms with Crippen LogP contribution >= 0.6 is 23.1 Å². The molecule has 1 aromatic heterocycles. The van der Waals surface area contributed by atoms with Crippen molar-refractivity contribution < 1.29 is 9.59 Å². The fourth-order valence-electron chi connectivity index (χ4n) is 5.80. The number of fused-ring (bicyclic) bond motifs is 1. The maximum absolute atomic E-state index is 13.0. The minimum absolute atomic E-state index is 0.0137. The smallest absolute Gasteiger partial charge is 0.212 e. The first-order valence-corrected chi connectivity index (χ1v) is 18.8. The normalized spacial score (nSPS) is 20.2. The monoisotopic (exact) mass is 660 g/mol. The summed E-state index contributed by atoms with van der Waals surface area (Å²) >= 11 is 3.24. The summed E-state index contributed by atoms with van der Waals surface area (Å²) in [5.74, 6) is 1.26. The van der Waals surface area contributed by atoms with Gasteiger partial charge in [0.05, 0.1) is 16.1 Å². The number of aromatic nitrogens is 1. The lowest BCUT2D eigenvalue weighted by Gasteiger charge is -2.24. The number of thiazole rings is 1. The summed E-state index contributed by atoms with van der Waals surface area (Å²) in [6.45, 7) is 20.9. The Bertz CT molecular complexity index is 1460. The van der Waals surface area contributed by atoms with Crippen LogP contribution < -0.4 is 15.1 Å². The number of rotatable bonds is 8. The second kappa shape index (κ2) is 16.1. The summed E-state index contributed by atoms with van der Waals surface area (Å²) in [6, 6.07) is 16.1. The van der Waals surface area contributed by atoms with Gasteiger partial charge in [-0.25, -0.2) is 4.98 Å². The van der Waals surface area contributed by atoms with Crippen LogP contribution in [0.15, 0.2) is 65.0 Å². The molecule has 248 valence electrons. The van der Waals surface area contributed by atoms with E-state index in [0.29, 0.717) is 34.2 Å². The number of Topliss-reactive ketones (excluding diaryl/α,β-unsaturated/α-hetero) is 1. The molecule has 2 aromatic carbocycles. The molecule has 1 N–H and O–H groups in total. The van der Waals surface area contributed by atoms with Crippen LogP contribution in [0.5, 0.6) is 0 Å². The van der Waals surface area contributed by atoms with E-state index in [0.717, 1.165) is 43.2 Å². The van der Waals surface area contributed by atoms with E-state index in [2.05, 4.69) is 85.9 Å². The van der Waals surface area contributed by atoms with E-state index in [-0.39, 0.29) is 17.0 Å². The van der Waals surface area contributed by atoms with Gasteiger partial charge >= 0.3 is 0 Å². The van der Waals surface area contributed by atoms with Gasteiger partial charge in [0.2, 0.25) is 11.6 Å². The first-order chi connectivity index (χ1) is 22.1. The third-order valence-corrected chi connectivity index (χ3v) is 11.1. The molecular weight excluding hydrogens is 609 g/mol. The van der Waals surface area contributed by atoms with Gasteiger partial charge in [-0.2, -0.15) is 0 Å². The third kappa shape index (κ3) is 8.43. The van der Waals surface area contributed by atoms with Crippen molar-refractivity contribution in [3.63, 3.8) is 0 Å². The molecule has 8 heteroatoms. The van der Waals surface area contributed by atoms with Gasteiger partial charge in [0.25, 0.3) is 0 Å². The predicted octanol–water partition coefficient (Wildman–Crippen LogP) is 9.17. The lowest BCUT2D eigenvalue weighted by atomic mass is 9.98. The van der Waals surface area contributed by atoms with Crippen LogP contribution in [0, 0.1) is 11.8 Å². The Morgan fingerprint density at radius 2 is 1.28 bits per heavy atom. The highest BCUT2D eigenvalue weighted by Gasteiger charge is 2.40. The Kier molecular flexibility index (Phi) is 12.5. The van der Waals surface area contributed by atoms with Gasteiger partial charge in [-0.05, 0) is 55.0 Å². The maximum Gasteiger partial charge on any atom is 0.212 e. The fourth-order valence-corrected chi connectivity index (χ4v) is 7.55. The molecule has 0 amide bonds. The van der Waals surface area contributed by atoms with Crippen molar-refractivity contribution in [2.75, 3.05) is 36.0 Å². The van der Waals surface area contributed by atoms with Crippen LogP contribution in [0.2, 0.25) is 0 Å². The van der Waals surface area contributed by atoms with E-state index < -0.39 is 0 Å². The number of nitrogens with one attached hydrogen (secondary N) is 1. The van der Waals surface area contributed by atoms with Crippen molar-refractivity contribution in [1.29, 1.82) is 0 Å². The Balaban J connectivity index is 0.000000744. The number of carbonyl (C=O) groups excluding carboxylic acids is 2. The standard InChI is InChI=1S/C32H36N4O2S2.C4H10.C2H6/c1-5-28-33-26(18-39-28)29(37)20-6-10-24(11-7-20)35-14-22-16-36(17-23(22)15-35)25-12-8-21(9-13-25)30(38)27-19-40-31(34-27)32(2,3)4;1-3-4-2;1-2/h6-13,18-19,22-23,28,33H,5,14-17H2,1-4H3;3-4H2,1-2H3;1-2H3. The summed E-state index contributed by atoms with van der Waals surface area (Å²) in [5.41, 5.74) is 4.96. The van der Waals surface area contributed by atoms with Crippen LogP contribution in [0.1, 0.15) is 106 Å².